The zero-order chi connectivity index (χ0) is 22.4. The first kappa shape index (κ1) is 22.7. The van der Waals surface area contributed by atoms with E-state index in [0.717, 1.165) is 5.56 Å². The van der Waals surface area contributed by atoms with Crippen molar-refractivity contribution in [2.45, 2.75) is 13.3 Å². The molecule has 162 valence electrons. The van der Waals surface area contributed by atoms with Gasteiger partial charge in [0.15, 0.2) is 5.78 Å². The summed E-state index contributed by atoms with van der Waals surface area (Å²) in [6, 6.07) is 8.00. The summed E-state index contributed by atoms with van der Waals surface area (Å²) in [6.07, 6.45) is 5.03. The largest absolute Gasteiger partial charge is 0.494 e. The molecule has 0 fully saturated rings. The average molecular weight is 443 g/mol. The van der Waals surface area contributed by atoms with Gasteiger partial charge in [0, 0.05) is 35.7 Å². The van der Waals surface area contributed by atoms with Gasteiger partial charge >= 0.3 is 0 Å². The molecule has 1 aromatic heterocycles. The van der Waals surface area contributed by atoms with Gasteiger partial charge in [0.05, 0.1) is 17.1 Å². The first-order chi connectivity index (χ1) is 14.9. The van der Waals surface area contributed by atoms with Crippen LogP contribution in [0.2, 0.25) is 5.02 Å². The average Bonchev–Trinajstić information content (AvgIpc) is 2.71. The highest BCUT2D eigenvalue weighted by Gasteiger charge is 2.14. The monoisotopic (exact) mass is 442 g/mol. The molecule has 6 nitrogen and oxygen atoms in total. The van der Waals surface area contributed by atoms with E-state index in [2.05, 4.69) is 15.3 Å². The van der Waals surface area contributed by atoms with Crippen molar-refractivity contribution in [3.8, 4) is 5.75 Å². The predicted molar refractivity (Wildman–Crippen MR) is 122 cm³/mol. The number of hydrogen-bond donors (Lipinski definition) is 1. The summed E-state index contributed by atoms with van der Waals surface area (Å²) in [7, 11) is 3.88. The summed E-state index contributed by atoms with van der Waals surface area (Å²) in [5.74, 6) is 0.606. The molecule has 31 heavy (non-hydrogen) atoms. The van der Waals surface area contributed by atoms with Crippen molar-refractivity contribution < 1.29 is 13.9 Å². The van der Waals surface area contributed by atoms with E-state index in [0.29, 0.717) is 41.3 Å². The Balaban J connectivity index is 1.96. The number of fused-ring (bicyclic) bond motifs is 1. The molecule has 0 spiro atoms. The molecule has 1 heterocycles. The molecule has 3 aromatic rings. The Hall–Kier alpha value is -3.03. The van der Waals surface area contributed by atoms with Crippen LogP contribution in [-0.2, 0) is 11.2 Å². The summed E-state index contributed by atoms with van der Waals surface area (Å²) >= 11 is 5.89. The molecule has 0 atom stereocenters. The minimum absolute atomic E-state index is 0.0118. The summed E-state index contributed by atoms with van der Waals surface area (Å²) < 4.78 is 19.2. The third-order valence-electron chi connectivity index (χ3n) is 4.44. The topological polar surface area (TPSA) is 67.4 Å². The fraction of sp³-hybridized carbons (Fsp3) is 0.261. The van der Waals surface area contributed by atoms with Crippen LogP contribution < -0.4 is 10.1 Å². The van der Waals surface area contributed by atoms with Crippen molar-refractivity contribution in [3.63, 3.8) is 0 Å². The minimum Gasteiger partial charge on any atom is -0.494 e. The standard InChI is InChI=1S/C23H24ClFN4O2/c1-4-31-22-13-21-18(11-15(22)10-17(30)6-5-9-29(2)3)23(27-14-26-21)28-16-7-8-20(25)19(24)12-16/h5-8,11-14H,4,9-10H2,1-3H3,(H,26,27,28)/b6-5+. The lowest BCUT2D eigenvalue weighted by Crippen LogP contribution is -2.11. The van der Waals surface area contributed by atoms with Gasteiger partial charge in [-0.3, -0.25) is 4.79 Å². The first-order valence-corrected chi connectivity index (χ1v) is 10.2. The number of anilines is 2. The lowest BCUT2D eigenvalue weighted by molar-refractivity contribution is -0.114. The molecule has 8 heteroatoms. The fourth-order valence-electron chi connectivity index (χ4n) is 3.01. The third-order valence-corrected chi connectivity index (χ3v) is 4.73. The first-order valence-electron chi connectivity index (χ1n) is 9.84. The number of hydrogen-bond acceptors (Lipinski definition) is 6. The number of allylic oxidation sites excluding steroid dienone is 1. The molecule has 0 radical (unpaired) electrons. The van der Waals surface area contributed by atoms with E-state index in [9.17, 15) is 9.18 Å². The predicted octanol–water partition coefficient (Wildman–Crippen LogP) is 4.79. The van der Waals surface area contributed by atoms with E-state index in [1.54, 1.807) is 18.2 Å². The van der Waals surface area contributed by atoms with E-state index in [1.165, 1.54) is 18.5 Å². The number of carbonyl (C=O) groups is 1. The second-order valence-electron chi connectivity index (χ2n) is 7.19. The van der Waals surface area contributed by atoms with E-state index in [1.807, 2.05) is 38.1 Å². The van der Waals surface area contributed by atoms with Crippen LogP contribution in [-0.4, -0.2) is 47.9 Å². The number of rotatable bonds is 9. The fourth-order valence-corrected chi connectivity index (χ4v) is 3.19. The zero-order valence-corrected chi connectivity index (χ0v) is 18.4. The van der Waals surface area contributed by atoms with Gasteiger partial charge in [0.25, 0.3) is 0 Å². The molecule has 0 amide bonds. The molecule has 0 bridgehead atoms. The van der Waals surface area contributed by atoms with Gasteiger partial charge < -0.3 is 15.0 Å². The molecule has 3 rings (SSSR count). The van der Waals surface area contributed by atoms with Gasteiger partial charge in [-0.05, 0) is 51.4 Å². The second-order valence-corrected chi connectivity index (χ2v) is 7.60. The van der Waals surface area contributed by atoms with Gasteiger partial charge in [0.1, 0.15) is 23.7 Å². The molecule has 0 unspecified atom stereocenters. The van der Waals surface area contributed by atoms with E-state index < -0.39 is 5.82 Å². The van der Waals surface area contributed by atoms with Crippen LogP contribution in [0.25, 0.3) is 10.9 Å². The minimum atomic E-state index is -0.496. The Bertz CT molecular complexity index is 1120. The Morgan fingerprint density at radius 2 is 2.06 bits per heavy atom. The third kappa shape index (κ3) is 5.99. The Kier molecular flexibility index (Phi) is 7.55. The van der Waals surface area contributed by atoms with Gasteiger partial charge in [-0.15, -0.1) is 0 Å². The maximum absolute atomic E-state index is 13.5. The van der Waals surface area contributed by atoms with Crippen molar-refractivity contribution in [1.29, 1.82) is 0 Å². The van der Waals surface area contributed by atoms with Crippen molar-refractivity contribution >= 4 is 39.8 Å². The lowest BCUT2D eigenvalue weighted by Gasteiger charge is -2.13. The van der Waals surface area contributed by atoms with Crippen molar-refractivity contribution in [3.05, 3.63) is 65.2 Å². The van der Waals surface area contributed by atoms with Crippen LogP contribution >= 0.6 is 11.6 Å². The molecule has 0 aliphatic carbocycles. The number of likely N-dealkylation sites (N-methyl/N-ethyl adjacent to an activating group) is 1. The van der Waals surface area contributed by atoms with Crippen LogP contribution in [0, 0.1) is 5.82 Å². The number of benzene rings is 2. The highest BCUT2D eigenvalue weighted by Crippen LogP contribution is 2.31. The summed E-state index contributed by atoms with van der Waals surface area (Å²) in [5.41, 5.74) is 1.99. The highest BCUT2D eigenvalue weighted by molar-refractivity contribution is 6.31. The number of halogens is 2. The number of aromatic nitrogens is 2. The molecule has 1 N–H and O–H groups in total. The van der Waals surface area contributed by atoms with E-state index >= 15 is 0 Å². The van der Waals surface area contributed by atoms with Crippen LogP contribution in [0.4, 0.5) is 15.9 Å². The highest BCUT2D eigenvalue weighted by atomic mass is 35.5. The lowest BCUT2D eigenvalue weighted by atomic mass is 10.0. The van der Waals surface area contributed by atoms with Gasteiger partial charge in [0.2, 0.25) is 0 Å². The van der Waals surface area contributed by atoms with Crippen LogP contribution in [0.1, 0.15) is 12.5 Å². The van der Waals surface area contributed by atoms with Crippen molar-refractivity contribution in [1.82, 2.24) is 14.9 Å². The Morgan fingerprint density at radius 1 is 1.26 bits per heavy atom. The maximum Gasteiger partial charge on any atom is 0.159 e. The summed E-state index contributed by atoms with van der Waals surface area (Å²) in [5, 5.41) is 3.87. The van der Waals surface area contributed by atoms with Crippen LogP contribution in [0.5, 0.6) is 5.75 Å². The smallest absolute Gasteiger partial charge is 0.159 e. The summed E-state index contributed by atoms with van der Waals surface area (Å²) in [4.78, 5) is 23.1. The second kappa shape index (κ2) is 10.3. The van der Waals surface area contributed by atoms with Crippen LogP contribution in [0.15, 0.2) is 48.8 Å². The van der Waals surface area contributed by atoms with Crippen LogP contribution in [0.3, 0.4) is 0 Å². The number of ketones is 1. The van der Waals surface area contributed by atoms with E-state index in [-0.39, 0.29) is 17.2 Å². The SMILES string of the molecule is CCOc1cc2ncnc(Nc3ccc(F)c(Cl)c3)c2cc1CC(=O)/C=C/CN(C)C. The Morgan fingerprint density at radius 3 is 2.77 bits per heavy atom. The number of nitrogens with zero attached hydrogens (tertiary/aromatic N) is 3. The molecule has 0 aliphatic heterocycles. The molecule has 0 saturated carbocycles. The van der Waals surface area contributed by atoms with Gasteiger partial charge in [-0.2, -0.15) is 0 Å². The number of nitrogens with one attached hydrogen (secondary N) is 1. The molecule has 0 aliphatic rings. The van der Waals surface area contributed by atoms with Crippen molar-refractivity contribution in [2.75, 3.05) is 32.6 Å². The quantitative estimate of drug-likeness (QED) is 0.480. The number of ether oxygens (including phenoxy) is 1. The summed E-state index contributed by atoms with van der Waals surface area (Å²) in [6.45, 7) is 3.04. The van der Waals surface area contributed by atoms with E-state index in [4.69, 9.17) is 16.3 Å². The molecule has 2 aromatic carbocycles. The maximum atomic E-state index is 13.5. The zero-order valence-electron chi connectivity index (χ0n) is 17.7. The van der Waals surface area contributed by atoms with Crippen molar-refractivity contribution in [2.24, 2.45) is 0 Å². The molecule has 0 saturated heterocycles. The Labute approximate surface area is 185 Å². The van der Waals surface area contributed by atoms with Gasteiger partial charge in [-0.1, -0.05) is 17.7 Å². The molecular weight excluding hydrogens is 419 g/mol. The number of carbonyl (C=O) groups excluding carboxylic acids is 1. The molecular formula is C23H24ClFN4O2. The van der Waals surface area contributed by atoms with Gasteiger partial charge in [-0.25, -0.2) is 14.4 Å². The normalized spacial score (nSPS) is 11.4.